The topological polar surface area (TPSA) is 21.6 Å². The van der Waals surface area contributed by atoms with Crippen molar-refractivity contribution in [3.05, 3.63) is 71.8 Å². The molecule has 2 nitrogen and oxygen atoms in total. The molecule has 2 atom stereocenters. The van der Waals surface area contributed by atoms with Crippen LogP contribution >= 0.6 is 0 Å². The Morgan fingerprint density at radius 2 is 1.56 bits per heavy atom. The van der Waals surface area contributed by atoms with Crippen molar-refractivity contribution in [2.45, 2.75) is 75.5 Å². The van der Waals surface area contributed by atoms with Crippen molar-refractivity contribution in [2.24, 2.45) is 10.9 Å². The lowest BCUT2D eigenvalue weighted by molar-refractivity contribution is 0.411. The molecule has 1 unspecified atom stereocenters. The van der Waals surface area contributed by atoms with Crippen LogP contribution in [0.4, 0.5) is 0 Å². The molecule has 4 rings (SSSR count). The van der Waals surface area contributed by atoms with E-state index < -0.39 is 8.07 Å². The molecule has 0 amide bonds. The summed E-state index contributed by atoms with van der Waals surface area (Å²) in [5.41, 5.74) is 2.72. The largest absolute Gasteiger partial charge is 0.547 e. The molecular formula is C28H36BNOSi. The summed E-state index contributed by atoms with van der Waals surface area (Å²) in [6, 6.07) is 20.2. The third kappa shape index (κ3) is 5.21. The first kappa shape index (κ1) is 22.9. The normalized spacial score (nSPS) is 24.9. The van der Waals surface area contributed by atoms with Crippen molar-refractivity contribution in [3.63, 3.8) is 0 Å². The van der Waals surface area contributed by atoms with Crippen molar-refractivity contribution in [3.8, 4) is 12.3 Å². The van der Waals surface area contributed by atoms with E-state index in [4.69, 9.17) is 16.1 Å². The predicted octanol–water partition coefficient (Wildman–Crippen LogP) is 7.42. The molecular weight excluding hydrogens is 405 g/mol. The zero-order chi connectivity index (χ0) is 22.6. The smallest absolute Gasteiger partial charge is 0.363 e. The number of fused-ring (bicyclic) bond motifs is 3. The van der Waals surface area contributed by atoms with E-state index in [9.17, 15) is 0 Å². The summed E-state index contributed by atoms with van der Waals surface area (Å²) >= 11 is 0. The second-order valence-electron chi connectivity index (χ2n) is 10.6. The number of terminal acetylenes is 1. The molecule has 0 saturated carbocycles. The fraction of sp³-hybridized carbons (Fsp3) is 0.464. The van der Waals surface area contributed by atoms with Crippen molar-refractivity contribution < 1.29 is 4.65 Å². The molecule has 0 spiro atoms. The quantitative estimate of drug-likeness (QED) is 0.205. The van der Waals surface area contributed by atoms with Gasteiger partial charge in [-0.15, -0.1) is 6.42 Å². The minimum absolute atomic E-state index is 0.241. The van der Waals surface area contributed by atoms with E-state index in [1.54, 1.807) is 0 Å². The van der Waals surface area contributed by atoms with Gasteiger partial charge in [0.1, 0.15) is 6.04 Å². The van der Waals surface area contributed by atoms with Crippen LogP contribution in [0, 0.1) is 18.3 Å². The van der Waals surface area contributed by atoms with Gasteiger partial charge in [-0.2, -0.15) is 0 Å². The number of rotatable bonds is 5. The Morgan fingerprint density at radius 3 is 2.12 bits per heavy atom. The summed E-state index contributed by atoms with van der Waals surface area (Å²) in [6.07, 6.45) is 13.9. The second kappa shape index (κ2) is 10.1. The minimum Gasteiger partial charge on any atom is -0.547 e. The highest BCUT2D eigenvalue weighted by Gasteiger charge is 2.50. The fourth-order valence-corrected chi connectivity index (χ4v) is 9.11. The molecule has 2 saturated heterocycles. The fourth-order valence-electron chi connectivity index (χ4n) is 6.03. The lowest BCUT2D eigenvalue weighted by atomic mass is 9.51. The van der Waals surface area contributed by atoms with Gasteiger partial charge in [0, 0.05) is 13.6 Å². The van der Waals surface area contributed by atoms with Gasteiger partial charge in [0.15, 0.2) is 5.90 Å². The van der Waals surface area contributed by atoms with Gasteiger partial charge < -0.3 is 4.65 Å². The van der Waals surface area contributed by atoms with Crippen LogP contribution in [0.1, 0.15) is 55.7 Å². The molecule has 0 radical (unpaired) electrons. The maximum Gasteiger partial charge on any atom is 0.363 e. The minimum atomic E-state index is -1.44. The van der Waals surface area contributed by atoms with E-state index >= 15 is 0 Å². The molecule has 0 N–H and O–H groups in total. The van der Waals surface area contributed by atoms with E-state index in [1.807, 2.05) is 24.3 Å². The number of aliphatic imine (C=N–C) groups is 1. The summed E-state index contributed by atoms with van der Waals surface area (Å²) in [4.78, 5) is 5.06. The molecule has 2 heterocycles. The van der Waals surface area contributed by atoms with Crippen molar-refractivity contribution in [1.82, 2.24) is 0 Å². The summed E-state index contributed by atoms with van der Waals surface area (Å²) < 4.78 is 7.05. The van der Waals surface area contributed by atoms with Crippen molar-refractivity contribution >= 4 is 20.9 Å². The van der Waals surface area contributed by atoms with E-state index in [1.165, 1.54) is 38.5 Å². The SMILES string of the molecule is C#C[C@H](N=C(OB1C2CCCC(CCC2)C1[Si](C)(C)C)c1ccccc1)c1ccccc1. The first-order valence-corrected chi connectivity index (χ1v) is 15.9. The summed E-state index contributed by atoms with van der Waals surface area (Å²) in [6.45, 7) is 7.83. The summed E-state index contributed by atoms with van der Waals surface area (Å²) in [5.74, 6) is 5.02. The van der Waals surface area contributed by atoms with Crippen LogP contribution < -0.4 is 0 Å². The number of benzene rings is 2. The Morgan fingerprint density at radius 1 is 0.969 bits per heavy atom. The molecule has 0 aliphatic carbocycles. The summed E-state index contributed by atoms with van der Waals surface area (Å²) in [7, 11) is -1.44. The molecule has 2 aliphatic heterocycles. The van der Waals surface area contributed by atoms with Gasteiger partial charge in [0.05, 0.1) is 0 Å². The third-order valence-electron chi connectivity index (χ3n) is 7.41. The van der Waals surface area contributed by atoms with Crippen LogP contribution in [-0.2, 0) is 4.65 Å². The lowest BCUT2D eigenvalue weighted by Crippen LogP contribution is -2.46. The Labute approximate surface area is 196 Å². The molecule has 4 heteroatoms. The predicted molar refractivity (Wildman–Crippen MR) is 140 cm³/mol. The molecule has 0 aromatic heterocycles. The van der Waals surface area contributed by atoms with Crippen molar-refractivity contribution in [2.75, 3.05) is 0 Å². The summed E-state index contributed by atoms with van der Waals surface area (Å²) in [5, 5.41) is 0. The first-order chi connectivity index (χ1) is 15.5. The molecule has 2 aromatic carbocycles. The van der Waals surface area contributed by atoms with E-state index in [0.717, 1.165) is 22.9 Å². The molecule has 2 aliphatic rings. The van der Waals surface area contributed by atoms with Gasteiger partial charge in [-0.1, -0.05) is 113 Å². The Kier molecular flexibility index (Phi) is 7.26. The molecule has 2 aromatic rings. The second-order valence-corrected chi connectivity index (χ2v) is 16.0. The van der Waals surface area contributed by atoms with Gasteiger partial charge in [-0.05, 0) is 34.9 Å². The Balaban J connectivity index is 1.75. The molecule has 166 valence electrons. The van der Waals surface area contributed by atoms with E-state index in [-0.39, 0.29) is 13.0 Å². The van der Waals surface area contributed by atoms with Gasteiger partial charge >= 0.3 is 6.92 Å². The van der Waals surface area contributed by atoms with E-state index in [0.29, 0.717) is 11.3 Å². The first-order valence-electron chi connectivity index (χ1n) is 12.3. The van der Waals surface area contributed by atoms with Crippen LogP contribution in [0.15, 0.2) is 65.7 Å². The van der Waals surface area contributed by atoms with Crippen LogP contribution in [-0.4, -0.2) is 20.9 Å². The van der Waals surface area contributed by atoms with Crippen molar-refractivity contribution in [1.29, 1.82) is 0 Å². The highest BCUT2D eigenvalue weighted by Crippen LogP contribution is 2.50. The average Bonchev–Trinajstić information content (AvgIpc) is 3.06. The van der Waals surface area contributed by atoms with Crippen LogP contribution in [0.3, 0.4) is 0 Å². The van der Waals surface area contributed by atoms with Gasteiger partial charge in [-0.25, -0.2) is 4.99 Å². The maximum atomic E-state index is 7.05. The van der Waals surface area contributed by atoms with Gasteiger partial charge in [-0.3, -0.25) is 0 Å². The highest BCUT2D eigenvalue weighted by atomic mass is 28.3. The standard InChI is InChI=1S/C28H36BNOSi/c1-5-26(22-14-8-6-9-15-22)30-28(24-16-10-7-11-17-24)31-29-25-20-12-18-23(19-13-21-25)27(29)32(2,3)4/h1,6-11,14-17,23,25-27H,12-13,18-21H2,2-4H3/t23?,25?,26-,27?/m0/s1. The third-order valence-corrected chi connectivity index (χ3v) is 10.2. The zero-order valence-corrected chi connectivity index (χ0v) is 20.8. The molecule has 32 heavy (non-hydrogen) atoms. The number of hydrogen-bond acceptors (Lipinski definition) is 2. The number of hydrogen-bond donors (Lipinski definition) is 0. The van der Waals surface area contributed by atoms with Crippen LogP contribution in [0.5, 0.6) is 0 Å². The monoisotopic (exact) mass is 441 g/mol. The van der Waals surface area contributed by atoms with Crippen LogP contribution in [0.25, 0.3) is 0 Å². The van der Waals surface area contributed by atoms with Crippen LogP contribution in [0.2, 0.25) is 30.9 Å². The number of nitrogens with zero attached hydrogens (tertiary/aromatic N) is 1. The lowest BCUT2D eigenvalue weighted by Gasteiger charge is -2.38. The average molecular weight is 442 g/mol. The van der Waals surface area contributed by atoms with Gasteiger partial charge in [0.2, 0.25) is 0 Å². The maximum absolute atomic E-state index is 7.05. The molecule has 2 fully saturated rings. The van der Waals surface area contributed by atoms with E-state index in [2.05, 4.69) is 62.0 Å². The Hall–Kier alpha value is -2.25. The Bertz CT molecular complexity index is 937. The van der Waals surface area contributed by atoms with Gasteiger partial charge in [0.25, 0.3) is 0 Å². The zero-order valence-electron chi connectivity index (χ0n) is 19.8. The highest BCUT2D eigenvalue weighted by molar-refractivity contribution is 6.89. The molecule has 2 bridgehead atoms.